The molecule has 0 aromatic carbocycles. The zero-order valence-corrected chi connectivity index (χ0v) is 10.2. The fourth-order valence-corrected chi connectivity index (χ4v) is 2.20. The molecule has 72 valence electrons. The molecule has 2 N–H and O–H groups in total. The summed E-state index contributed by atoms with van der Waals surface area (Å²) in [5.74, 6) is 1.19. The SMILES string of the molecule is Nc1ccn(-c2ncc(Br)cc2Br)n1. The summed E-state index contributed by atoms with van der Waals surface area (Å²) < 4.78 is 3.38. The fraction of sp³-hybridized carbons (Fsp3) is 0. The topological polar surface area (TPSA) is 56.7 Å². The summed E-state index contributed by atoms with van der Waals surface area (Å²) in [5.41, 5.74) is 5.51. The average molecular weight is 318 g/mol. The first-order chi connectivity index (χ1) is 6.66. The molecule has 2 heterocycles. The van der Waals surface area contributed by atoms with Crippen LogP contribution in [0.25, 0.3) is 5.82 Å². The van der Waals surface area contributed by atoms with Crippen molar-refractivity contribution < 1.29 is 0 Å². The Morgan fingerprint density at radius 2 is 2.14 bits per heavy atom. The van der Waals surface area contributed by atoms with Gasteiger partial charge in [0, 0.05) is 22.9 Å². The standard InChI is InChI=1S/C8H6Br2N4/c9-5-3-6(10)8(12-4-5)14-2-1-7(11)13-14/h1-4H,(H2,11,13). The Balaban J connectivity index is 2.52. The number of hydrogen-bond acceptors (Lipinski definition) is 3. The van der Waals surface area contributed by atoms with Gasteiger partial charge in [-0.2, -0.15) is 0 Å². The van der Waals surface area contributed by atoms with Gasteiger partial charge < -0.3 is 5.73 Å². The molecule has 2 aromatic heterocycles. The van der Waals surface area contributed by atoms with Crippen molar-refractivity contribution in [3.8, 4) is 5.82 Å². The molecule has 0 fully saturated rings. The highest BCUT2D eigenvalue weighted by Crippen LogP contribution is 2.22. The normalized spacial score (nSPS) is 10.4. The highest BCUT2D eigenvalue weighted by molar-refractivity contribution is 9.11. The van der Waals surface area contributed by atoms with Crippen LogP contribution in [0.1, 0.15) is 0 Å². The Morgan fingerprint density at radius 3 is 2.71 bits per heavy atom. The van der Waals surface area contributed by atoms with E-state index in [1.807, 2.05) is 6.07 Å². The van der Waals surface area contributed by atoms with Gasteiger partial charge in [-0.05, 0) is 37.9 Å². The number of nitrogens with zero attached hydrogens (tertiary/aromatic N) is 3. The van der Waals surface area contributed by atoms with Crippen molar-refractivity contribution in [1.29, 1.82) is 0 Å². The molecular weight excluding hydrogens is 312 g/mol. The second kappa shape index (κ2) is 3.70. The van der Waals surface area contributed by atoms with Crippen LogP contribution in [-0.2, 0) is 0 Å². The van der Waals surface area contributed by atoms with Gasteiger partial charge in [0.2, 0.25) is 0 Å². The quantitative estimate of drug-likeness (QED) is 0.878. The molecule has 0 spiro atoms. The summed E-state index contributed by atoms with van der Waals surface area (Å²) in [6.45, 7) is 0. The van der Waals surface area contributed by atoms with Gasteiger partial charge >= 0.3 is 0 Å². The maximum atomic E-state index is 5.51. The Labute approximate surface area is 97.4 Å². The molecule has 0 aliphatic rings. The van der Waals surface area contributed by atoms with E-state index in [0.717, 1.165) is 8.95 Å². The van der Waals surface area contributed by atoms with E-state index in [0.29, 0.717) is 11.6 Å². The van der Waals surface area contributed by atoms with Crippen LogP contribution in [0, 0.1) is 0 Å². The molecule has 0 radical (unpaired) electrons. The van der Waals surface area contributed by atoms with Crippen LogP contribution in [0.5, 0.6) is 0 Å². The number of hydrogen-bond donors (Lipinski definition) is 1. The van der Waals surface area contributed by atoms with Gasteiger partial charge in [0.15, 0.2) is 5.82 Å². The second-order valence-corrected chi connectivity index (χ2v) is 4.41. The van der Waals surface area contributed by atoms with Gasteiger partial charge in [-0.3, -0.25) is 0 Å². The van der Waals surface area contributed by atoms with Crippen molar-refractivity contribution in [2.24, 2.45) is 0 Å². The van der Waals surface area contributed by atoms with E-state index in [-0.39, 0.29) is 0 Å². The van der Waals surface area contributed by atoms with Crippen molar-refractivity contribution in [3.05, 3.63) is 33.5 Å². The number of pyridine rings is 1. The number of rotatable bonds is 1. The summed E-state index contributed by atoms with van der Waals surface area (Å²) in [5, 5.41) is 4.06. The second-order valence-electron chi connectivity index (χ2n) is 2.64. The predicted molar refractivity (Wildman–Crippen MR) is 61.2 cm³/mol. The third-order valence-electron chi connectivity index (χ3n) is 1.62. The summed E-state index contributed by atoms with van der Waals surface area (Å²) >= 11 is 6.73. The van der Waals surface area contributed by atoms with Crippen LogP contribution in [0.3, 0.4) is 0 Å². The van der Waals surface area contributed by atoms with E-state index in [1.165, 1.54) is 0 Å². The molecule has 0 aliphatic heterocycles. The van der Waals surface area contributed by atoms with E-state index in [1.54, 1.807) is 23.1 Å². The first-order valence-corrected chi connectivity index (χ1v) is 5.38. The molecule has 0 bridgehead atoms. The lowest BCUT2D eigenvalue weighted by molar-refractivity contribution is 0.845. The van der Waals surface area contributed by atoms with E-state index in [2.05, 4.69) is 41.9 Å². The third kappa shape index (κ3) is 1.80. The number of aromatic nitrogens is 3. The van der Waals surface area contributed by atoms with E-state index >= 15 is 0 Å². The Bertz CT molecular complexity index is 466. The van der Waals surface area contributed by atoms with E-state index < -0.39 is 0 Å². The molecule has 0 atom stereocenters. The van der Waals surface area contributed by atoms with Gasteiger partial charge in [0.1, 0.15) is 5.82 Å². The van der Waals surface area contributed by atoms with Crippen LogP contribution in [0.2, 0.25) is 0 Å². The van der Waals surface area contributed by atoms with Crippen LogP contribution in [0.15, 0.2) is 33.5 Å². The lowest BCUT2D eigenvalue weighted by Gasteiger charge is -2.02. The van der Waals surface area contributed by atoms with Crippen LogP contribution >= 0.6 is 31.9 Å². The van der Waals surface area contributed by atoms with E-state index in [9.17, 15) is 0 Å². The lowest BCUT2D eigenvalue weighted by Crippen LogP contribution is -2.00. The van der Waals surface area contributed by atoms with Crippen molar-refractivity contribution in [2.75, 3.05) is 5.73 Å². The van der Waals surface area contributed by atoms with Crippen LogP contribution in [0.4, 0.5) is 5.82 Å². The number of anilines is 1. The molecule has 2 rings (SSSR count). The molecule has 0 unspecified atom stereocenters. The van der Waals surface area contributed by atoms with Crippen molar-refractivity contribution in [1.82, 2.24) is 14.8 Å². The highest BCUT2D eigenvalue weighted by Gasteiger charge is 2.05. The minimum Gasteiger partial charge on any atom is -0.382 e. The van der Waals surface area contributed by atoms with E-state index in [4.69, 9.17) is 5.73 Å². The van der Waals surface area contributed by atoms with Gasteiger partial charge in [-0.1, -0.05) is 0 Å². The molecule has 14 heavy (non-hydrogen) atoms. The van der Waals surface area contributed by atoms with Crippen LogP contribution in [-0.4, -0.2) is 14.8 Å². The molecule has 0 aliphatic carbocycles. The zero-order valence-electron chi connectivity index (χ0n) is 6.98. The number of nitrogen functional groups attached to an aromatic ring is 1. The molecule has 0 saturated carbocycles. The Kier molecular flexibility index (Phi) is 2.56. The maximum Gasteiger partial charge on any atom is 0.167 e. The predicted octanol–water partition coefficient (Wildman–Crippen LogP) is 2.37. The van der Waals surface area contributed by atoms with Crippen molar-refractivity contribution in [2.45, 2.75) is 0 Å². The first-order valence-electron chi connectivity index (χ1n) is 3.79. The van der Waals surface area contributed by atoms with Crippen LogP contribution < -0.4 is 5.73 Å². The molecule has 4 nitrogen and oxygen atoms in total. The molecule has 6 heteroatoms. The number of nitrogens with two attached hydrogens (primary N) is 1. The minimum absolute atomic E-state index is 0.474. The van der Waals surface area contributed by atoms with Gasteiger partial charge in [-0.15, -0.1) is 5.10 Å². The zero-order chi connectivity index (χ0) is 10.1. The van der Waals surface area contributed by atoms with Gasteiger partial charge in [0.05, 0.1) is 4.47 Å². The summed E-state index contributed by atoms with van der Waals surface area (Å²) in [7, 11) is 0. The Hall–Kier alpha value is -0.880. The molecule has 0 saturated heterocycles. The fourth-order valence-electron chi connectivity index (χ4n) is 1.03. The van der Waals surface area contributed by atoms with Gasteiger partial charge in [0.25, 0.3) is 0 Å². The smallest absolute Gasteiger partial charge is 0.167 e. The summed E-state index contributed by atoms with van der Waals surface area (Å²) in [6, 6.07) is 3.62. The molecular formula is C8H6Br2N4. The summed E-state index contributed by atoms with van der Waals surface area (Å²) in [4.78, 5) is 4.21. The van der Waals surface area contributed by atoms with Crippen molar-refractivity contribution >= 4 is 37.7 Å². The lowest BCUT2D eigenvalue weighted by atomic mass is 10.5. The first kappa shape index (κ1) is 9.67. The maximum absolute atomic E-state index is 5.51. The van der Waals surface area contributed by atoms with Gasteiger partial charge in [-0.25, -0.2) is 9.67 Å². The monoisotopic (exact) mass is 316 g/mol. The van der Waals surface area contributed by atoms with Crippen molar-refractivity contribution in [3.63, 3.8) is 0 Å². The molecule has 0 amide bonds. The minimum atomic E-state index is 0.474. The largest absolute Gasteiger partial charge is 0.382 e. The third-order valence-corrected chi connectivity index (χ3v) is 2.63. The Morgan fingerprint density at radius 1 is 1.36 bits per heavy atom. The number of halogens is 2. The molecule has 2 aromatic rings. The average Bonchev–Trinajstić information content (AvgIpc) is 2.51. The highest BCUT2D eigenvalue weighted by atomic mass is 79.9. The summed E-state index contributed by atoms with van der Waals surface area (Å²) in [6.07, 6.45) is 3.47.